The fourth-order valence-corrected chi connectivity index (χ4v) is 2.03. The van der Waals surface area contributed by atoms with Crippen LogP contribution in [0.1, 0.15) is 10.4 Å². The van der Waals surface area contributed by atoms with Gasteiger partial charge >= 0.3 is 0 Å². The molecule has 1 aromatic heterocycles. The molecule has 0 aliphatic heterocycles. The highest BCUT2D eigenvalue weighted by molar-refractivity contribution is 5.75. The predicted molar refractivity (Wildman–Crippen MR) is 74.3 cm³/mol. The molecule has 3 aromatic rings. The Morgan fingerprint density at radius 3 is 2.48 bits per heavy atom. The molecule has 0 bridgehead atoms. The first kappa shape index (κ1) is 13.2. The zero-order chi connectivity index (χ0) is 14.8. The number of carbonyl (C=O) groups is 1. The molecule has 0 aliphatic carbocycles. The van der Waals surface area contributed by atoms with Gasteiger partial charge in [-0.3, -0.25) is 4.79 Å². The summed E-state index contributed by atoms with van der Waals surface area (Å²) in [5.41, 5.74) is 2.14. The van der Waals surface area contributed by atoms with Crippen LogP contribution in [0.5, 0.6) is 0 Å². The number of hydrogen-bond acceptors (Lipinski definition) is 2. The number of nitrogens with zero attached hydrogens (tertiary/aromatic N) is 2. The van der Waals surface area contributed by atoms with Crippen LogP contribution < -0.4 is 0 Å². The number of aromatic nitrogens is 2. The van der Waals surface area contributed by atoms with Gasteiger partial charge in [0.2, 0.25) is 0 Å². The van der Waals surface area contributed by atoms with Crippen LogP contribution in [-0.2, 0) is 0 Å². The van der Waals surface area contributed by atoms with E-state index in [9.17, 15) is 13.6 Å². The van der Waals surface area contributed by atoms with Crippen molar-refractivity contribution >= 4 is 6.29 Å². The lowest BCUT2D eigenvalue weighted by Crippen LogP contribution is -1.94. The molecule has 0 unspecified atom stereocenters. The van der Waals surface area contributed by atoms with Crippen LogP contribution in [0.4, 0.5) is 8.78 Å². The molecule has 0 spiro atoms. The number of benzene rings is 2. The number of carbonyl (C=O) groups excluding carboxylic acids is 1. The van der Waals surface area contributed by atoms with Crippen molar-refractivity contribution in [3.05, 3.63) is 72.1 Å². The Labute approximate surface area is 119 Å². The lowest BCUT2D eigenvalue weighted by Gasteiger charge is -2.01. The highest BCUT2D eigenvalue weighted by Crippen LogP contribution is 2.23. The third-order valence-corrected chi connectivity index (χ3v) is 3.12. The molecule has 0 N–H and O–H groups in total. The minimum atomic E-state index is -0.633. The second-order valence-corrected chi connectivity index (χ2v) is 4.51. The number of hydrogen-bond donors (Lipinski definition) is 0. The lowest BCUT2D eigenvalue weighted by atomic mass is 10.1. The SMILES string of the molecule is O=Cc1ccc(-n2cc(-c3ccc(F)cc3F)cn2)cc1. The third-order valence-electron chi connectivity index (χ3n) is 3.12. The average molecular weight is 284 g/mol. The van der Waals surface area contributed by atoms with E-state index in [0.717, 1.165) is 18.0 Å². The van der Waals surface area contributed by atoms with Gasteiger partial charge in [-0.05, 0) is 36.4 Å². The molecule has 1 heterocycles. The number of halogens is 2. The molecule has 2 aromatic carbocycles. The zero-order valence-electron chi connectivity index (χ0n) is 10.8. The van der Waals surface area contributed by atoms with Crippen molar-refractivity contribution in [3.63, 3.8) is 0 Å². The monoisotopic (exact) mass is 284 g/mol. The summed E-state index contributed by atoms with van der Waals surface area (Å²) in [4.78, 5) is 10.6. The van der Waals surface area contributed by atoms with Crippen molar-refractivity contribution in [1.29, 1.82) is 0 Å². The Morgan fingerprint density at radius 1 is 1.05 bits per heavy atom. The van der Waals surface area contributed by atoms with Gasteiger partial charge in [0.15, 0.2) is 0 Å². The molecular formula is C16H10F2N2O. The highest BCUT2D eigenvalue weighted by atomic mass is 19.1. The van der Waals surface area contributed by atoms with Crippen LogP contribution in [0.3, 0.4) is 0 Å². The van der Waals surface area contributed by atoms with E-state index in [0.29, 0.717) is 11.1 Å². The molecule has 0 amide bonds. The standard InChI is InChI=1S/C16H10F2N2O/c17-13-3-6-15(16(18)7-13)12-8-19-20(9-12)14-4-1-11(10-21)2-5-14/h1-10H. The van der Waals surface area contributed by atoms with Crippen molar-refractivity contribution in [2.45, 2.75) is 0 Å². The Hall–Kier alpha value is -2.82. The van der Waals surface area contributed by atoms with Crippen molar-refractivity contribution in [2.24, 2.45) is 0 Å². The van der Waals surface area contributed by atoms with Crippen molar-refractivity contribution < 1.29 is 13.6 Å². The van der Waals surface area contributed by atoms with E-state index in [2.05, 4.69) is 5.10 Å². The summed E-state index contributed by atoms with van der Waals surface area (Å²) in [7, 11) is 0. The Bertz CT molecular complexity index is 794. The topological polar surface area (TPSA) is 34.9 Å². The van der Waals surface area contributed by atoms with Gasteiger partial charge in [-0.15, -0.1) is 0 Å². The minimum absolute atomic E-state index is 0.284. The first-order chi connectivity index (χ1) is 10.2. The summed E-state index contributed by atoms with van der Waals surface area (Å²) in [6, 6.07) is 10.2. The molecule has 21 heavy (non-hydrogen) atoms. The molecule has 104 valence electrons. The van der Waals surface area contributed by atoms with E-state index in [1.54, 1.807) is 35.1 Å². The third kappa shape index (κ3) is 2.58. The lowest BCUT2D eigenvalue weighted by molar-refractivity contribution is 0.112. The molecule has 0 radical (unpaired) electrons. The van der Waals surface area contributed by atoms with Crippen LogP contribution >= 0.6 is 0 Å². The zero-order valence-corrected chi connectivity index (χ0v) is 10.8. The number of aldehydes is 1. The summed E-state index contributed by atoms with van der Waals surface area (Å²) < 4.78 is 28.2. The van der Waals surface area contributed by atoms with Crippen LogP contribution in [0.2, 0.25) is 0 Å². The van der Waals surface area contributed by atoms with Crippen LogP contribution in [-0.4, -0.2) is 16.1 Å². The van der Waals surface area contributed by atoms with E-state index < -0.39 is 11.6 Å². The minimum Gasteiger partial charge on any atom is -0.298 e. The second-order valence-electron chi connectivity index (χ2n) is 4.51. The van der Waals surface area contributed by atoms with Gasteiger partial charge in [-0.2, -0.15) is 5.10 Å². The maximum atomic E-state index is 13.7. The fourth-order valence-electron chi connectivity index (χ4n) is 2.03. The molecule has 0 fully saturated rings. The summed E-state index contributed by atoms with van der Waals surface area (Å²) in [5.74, 6) is -1.25. The summed E-state index contributed by atoms with van der Waals surface area (Å²) in [6.45, 7) is 0. The molecule has 3 nitrogen and oxygen atoms in total. The van der Waals surface area contributed by atoms with Crippen LogP contribution in [0.25, 0.3) is 16.8 Å². The molecule has 0 saturated carbocycles. The largest absolute Gasteiger partial charge is 0.298 e. The maximum absolute atomic E-state index is 13.7. The molecule has 5 heteroatoms. The molecule has 3 rings (SSSR count). The van der Waals surface area contributed by atoms with Crippen LogP contribution in [0, 0.1) is 11.6 Å². The molecule has 0 aliphatic rings. The van der Waals surface area contributed by atoms with Gasteiger partial charge in [-0.1, -0.05) is 0 Å². The summed E-state index contributed by atoms with van der Waals surface area (Å²) >= 11 is 0. The van der Waals surface area contributed by atoms with Gasteiger partial charge in [0.25, 0.3) is 0 Å². The van der Waals surface area contributed by atoms with Gasteiger partial charge in [0.1, 0.15) is 17.9 Å². The van der Waals surface area contributed by atoms with E-state index in [1.807, 2.05) is 0 Å². The predicted octanol–water partition coefficient (Wildman–Crippen LogP) is 3.63. The second kappa shape index (κ2) is 5.28. The van der Waals surface area contributed by atoms with E-state index in [-0.39, 0.29) is 5.56 Å². The summed E-state index contributed by atoms with van der Waals surface area (Å²) in [6.07, 6.45) is 3.91. The molecule has 0 saturated heterocycles. The van der Waals surface area contributed by atoms with Crippen LogP contribution in [0.15, 0.2) is 54.9 Å². The van der Waals surface area contributed by atoms with E-state index in [1.165, 1.54) is 18.3 Å². The Balaban J connectivity index is 1.97. The summed E-state index contributed by atoms with van der Waals surface area (Å²) in [5, 5.41) is 4.15. The van der Waals surface area contributed by atoms with Crippen molar-refractivity contribution in [2.75, 3.05) is 0 Å². The highest BCUT2D eigenvalue weighted by Gasteiger charge is 2.09. The maximum Gasteiger partial charge on any atom is 0.150 e. The first-order valence-electron chi connectivity index (χ1n) is 6.23. The van der Waals surface area contributed by atoms with Gasteiger partial charge in [0, 0.05) is 29.0 Å². The Morgan fingerprint density at radius 2 is 1.81 bits per heavy atom. The van der Waals surface area contributed by atoms with E-state index in [4.69, 9.17) is 0 Å². The normalized spacial score (nSPS) is 10.6. The smallest absolute Gasteiger partial charge is 0.150 e. The van der Waals surface area contributed by atoms with Gasteiger partial charge < -0.3 is 0 Å². The fraction of sp³-hybridized carbons (Fsp3) is 0. The van der Waals surface area contributed by atoms with Gasteiger partial charge in [-0.25, -0.2) is 13.5 Å². The molecular weight excluding hydrogens is 274 g/mol. The average Bonchev–Trinajstić information content (AvgIpc) is 2.97. The van der Waals surface area contributed by atoms with E-state index >= 15 is 0 Å². The quantitative estimate of drug-likeness (QED) is 0.688. The molecule has 0 atom stereocenters. The first-order valence-corrected chi connectivity index (χ1v) is 6.23. The van der Waals surface area contributed by atoms with Crippen molar-refractivity contribution in [3.8, 4) is 16.8 Å². The van der Waals surface area contributed by atoms with Gasteiger partial charge in [0.05, 0.1) is 11.9 Å². The van der Waals surface area contributed by atoms with Crippen molar-refractivity contribution in [1.82, 2.24) is 9.78 Å². The Kier molecular flexibility index (Phi) is 3.31. The number of rotatable bonds is 3.